The van der Waals surface area contributed by atoms with E-state index in [1.54, 1.807) is 30.3 Å². The fourth-order valence-electron chi connectivity index (χ4n) is 2.13. The number of carbonyl (C=O) groups excluding carboxylic acids is 2. The Morgan fingerprint density at radius 1 is 1.00 bits per heavy atom. The molecule has 25 heavy (non-hydrogen) atoms. The van der Waals surface area contributed by atoms with Crippen LogP contribution in [0.15, 0.2) is 54.6 Å². The molecule has 132 valence electrons. The lowest BCUT2D eigenvalue weighted by molar-refractivity contribution is -0.266. The number of aliphatic hydroxyl groups is 1. The van der Waals surface area contributed by atoms with E-state index in [0.717, 1.165) is 31.4 Å². The largest absolute Gasteiger partial charge is 0.466 e. The van der Waals surface area contributed by atoms with E-state index in [1.165, 1.54) is 0 Å². The quantitative estimate of drug-likeness (QED) is 0.829. The van der Waals surface area contributed by atoms with Gasteiger partial charge >= 0.3 is 12.1 Å². The van der Waals surface area contributed by atoms with Gasteiger partial charge in [-0.25, -0.2) is 4.79 Å². The van der Waals surface area contributed by atoms with E-state index in [1.807, 2.05) is 0 Å². The number of rotatable bonds is 4. The molecule has 2 aromatic rings. The van der Waals surface area contributed by atoms with Crippen LogP contribution in [0.5, 0.6) is 0 Å². The van der Waals surface area contributed by atoms with Gasteiger partial charge in [-0.3, -0.25) is 4.79 Å². The van der Waals surface area contributed by atoms with Gasteiger partial charge < -0.3 is 15.2 Å². The highest BCUT2D eigenvalue weighted by Crippen LogP contribution is 2.40. The van der Waals surface area contributed by atoms with E-state index in [0.29, 0.717) is 5.56 Å². The lowest BCUT2D eigenvalue weighted by Crippen LogP contribution is -2.49. The summed E-state index contributed by atoms with van der Waals surface area (Å²) in [5.74, 6) is -2.30. The molecular formula is C17H14F3NO4. The van der Waals surface area contributed by atoms with Crippen LogP contribution in [0.4, 0.5) is 18.9 Å². The third-order valence-corrected chi connectivity index (χ3v) is 3.49. The zero-order chi connectivity index (χ0) is 18.7. The van der Waals surface area contributed by atoms with Gasteiger partial charge in [-0.1, -0.05) is 30.3 Å². The molecule has 1 atom stereocenters. The molecule has 0 aliphatic carbocycles. The SMILES string of the molecule is COC(=O)[C@](O)(c1ccc(NC(=O)c2ccccc2)cc1)C(F)(F)F. The summed E-state index contributed by atoms with van der Waals surface area (Å²) in [6.07, 6.45) is -5.27. The van der Waals surface area contributed by atoms with E-state index < -0.39 is 29.2 Å². The molecule has 2 rings (SSSR count). The molecule has 0 fully saturated rings. The van der Waals surface area contributed by atoms with E-state index in [9.17, 15) is 27.9 Å². The molecule has 1 amide bonds. The summed E-state index contributed by atoms with van der Waals surface area (Å²) in [4.78, 5) is 23.5. The molecule has 0 spiro atoms. The normalized spacial score (nSPS) is 13.6. The highest BCUT2D eigenvalue weighted by molar-refractivity contribution is 6.04. The number of anilines is 1. The third kappa shape index (κ3) is 3.63. The molecule has 5 nitrogen and oxygen atoms in total. The second-order valence-electron chi connectivity index (χ2n) is 5.10. The first-order chi connectivity index (χ1) is 11.7. The summed E-state index contributed by atoms with van der Waals surface area (Å²) in [6, 6.07) is 12.3. The lowest BCUT2D eigenvalue weighted by atomic mass is 9.93. The molecule has 0 radical (unpaired) electrons. The number of hydrogen-bond acceptors (Lipinski definition) is 4. The van der Waals surface area contributed by atoms with Gasteiger partial charge in [0.15, 0.2) is 0 Å². The fraction of sp³-hybridized carbons (Fsp3) is 0.176. The number of benzene rings is 2. The summed E-state index contributed by atoms with van der Waals surface area (Å²) in [6.45, 7) is 0. The molecule has 0 bridgehead atoms. The van der Waals surface area contributed by atoms with Gasteiger partial charge in [0.2, 0.25) is 0 Å². The summed E-state index contributed by atoms with van der Waals surface area (Å²) in [7, 11) is 0.744. The molecular weight excluding hydrogens is 339 g/mol. The van der Waals surface area contributed by atoms with Crippen LogP contribution in [-0.2, 0) is 15.1 Å². The van der Waals surface area contributed by atoms with Crippen molar-refractivity contribution in [1.82, 2.24) is 0 Å². The van der Waals surface area contributed by atoms with Crippen molar-refractivity contribution in [3.05, 3.63) is 65.7 Å². The number of amides is 1. The minimum Gasteiger partial charge on any atom is -0.466 e. The molecule has 0 heterocycles. The highest BCUT2D eigenvalue weighted by atomic mass is 19.4. The van der Waals surface area contributed by atoms with Crippen LogP contribution in [0.3, 0.4) is 0 Å². The number of esters is 1. The molecule has 2 aromatic carbocycles. The molecule has 8 heteroatoms. The molecule has 0 aliphatic rings. The first-order valence-corrected chi connectivity index (χ1v) is 7.04. The summed E-state index contributed by atoms with van der Waals surface area (Å²) >= 11 is 0. The fourth-order valence-corrected chi connectivity index (χ4v) is 2.13. The predicted molar refractivity (Wildman–Crippen MR) is 82.8 cm³/mol. The standard InChI is InChI=1S/C17H14F3NO4/c1-25-15(23)16(24,17(18,19)20)12-7-9-13(10-8-12)21-14(22)11-5-3-2-4-6-11/h2-10,24H,1H3,(H,21,22)/t16-/m1/s1. The van der Waals surface area contributed by atoms with Crippen LogP contribution in [0.25, 0.3) is 0 Å². The van der Waals surface area contributed by atoms with Gasteiger partial charge in [-0.05, 0) is 24.3 Å². The number of methoxy groups -OCH3 is 1. The number of nitrogens with one attached hydrogen (secondary N) is 1. The average molecular weight is 353 g/mol. The number of alkyl halides is 3. The van der Waals surface area contributed by atoms with Gasteiger partial charge in [0, 0.05) is 16.8 Å². The van der Waals surface area contributed by atoms with Crippen molar-refractivity contribution in [2.24, 2.45) is 0 Å². The Hall–Kier alpha value is -2.87. The van der Waals surface area contributed by atoms with Crippen molar-refractivity contribution >= 4 is 17.6 Å². The third-order valence-electron chi connectivity index (χ3n) is 3.49. The summed E-state index contributed by atoms with van der Waals surface area (Å²) in [5, 5.41) is 12.4. The Bertz CT molecular complexity index is 760. The summed E-state index contributed by atoms with van der Waals surface area (Å²) in [5.41, 5.74) is -3.94. The number of halogens is 3. The van der Waals surface area contributed by atoms with E-state index in [4.69, 9.17) is 0 Å². The van der Waals surface area contributed by atoms with Crippen molar-refractivity contribution < 1.29 is 32.6 Å². The summed E-state index contributed by atoms with van der Waals surface area (Å²) < 4.78 is 43.5. The zero-order valence-corrected chi connectivity index (χ0v) is 13.0. The van der Waals surface area contributed by atoms with Gasteiger partial charge in [0.05, 0.1) is 7.11 Å². The van der Waals surface area contributed by atoms with Crippen molar-refractivity contribution in [2.45, 2.75) is 11.8 Å². The topological polar surface area (TPSA) is 75.6 Å². The molecule has 0 aromatic heterocycles. The van der Waals surface area contributed by atoms with Crippen molar-refractivity contribution in [3.63, 3.8) is 0 Å². The monoisotopic (exact) mass is 353 g/mol. The number of hydrogen-bond donors (Lipinski definition) is 2. The molecule has 2 N–H and O–H groups in total. The molecule has 0 aliphatic heterocycles. The molecule has 0 saturated carbocycles. The van der Waals surface area contributed by atoms with Crippen LogP contribution in [-0.4, -0.2) is 30.3 Å². The van der Waals surface area contributed by atoms with E-state index in [2.05, 4.69) is 10.1 Å². The lowest BCUT2D eigenvalue weighted by Gasteiger charge is -2.28. The van der Waals surface area contributed by atoms with E-state index in [-0.39, 0.29) is 5.69 Å². The first kappa shape index (κ1) is 18.5. The molecule has 0 saturated heterocycles. The average Bonchev–Trinajstić information content (AvgIpc) is 2.60. The van der Waals surface area contributed by atoms with E-state index >= 15 is 0 Å². The number of ether oxygens (including phenoxy) is 1. The predicted octanol–water partition coefficient (Wildman–Crippen LogP) is 2.86. The van der Waals surface area contributed by atoms with Crippen LogP contribution in [0, 0.1) is 0 Å². The van der Waals surface area contributed by atoms with Crippen molar-refractivity contribution in [2.75, 3.05) is 12.4 Å². The second kappa shape index (κ2) is 6.94. The van der Waals surface area contributed by atoms with Gasteiger partial charge in [0.25, 0.3) is 11.5 Å². The Balaban J connectivity index is 2.26. The maximum absolute atomic E-state index is 13.1. The van der Waals surface area contributed by atoms with Gasteiger partial charge in [0.1, 0.15) is 0 Å². The van der Waals surface area contributed by atoms with Gasteiger partial charge in [-0.2, -0.15) is 13.2 Å². The minimum atomic E-state index is -5.27. The zero-order valence-electron chi connectivity index (χ0n) is 13.0. The van der Waals surface area contributed by atoms with Crippen LogP contribution < -0.4 is 5.32 Å². The number of carbonyl (C=O) groups is 2. The maximum Gasteiger partial charge on any atom is 0.432 e. The second-order valence-corrected chi connectivity index (χ2v) is 5.10. The van der Waals surface area contributed by atoms with Crippen LogP contribution in [0.1, 0.15) is 15.9 Å². The maximum atomic E-state index is 13.1. The van der Waals surface area contributed by atoms with Gasteiger partial charge in [-0.15, -0.1) is 0 Å². The Morgan fingerprint density at radius 3 is 2.04 bits per heavy atom. The van der Waals surface area contributed by atoms with Crippen LogP contribution >= 0.6 is 0 Å². The minimum absolute atomic E-state index is 0.201. The first-order valence-electron chi connectivity index (χ1n) is 7.04. The Labute approximate surface area is 141 Å². The smallest absolute Gasteiger partial charge is 0.432 e. The Kier molecular flexibility index (Phi) is 5.13. The molecule has 0 unspecified atom stereocenters. The van der Waals surface area contributed by atoms with Crippen LogP contribution in [0.2, 0.25) is 0 Å². The van der Waals surface area contributed by atoms with Crippen molar-refractivity contribution in [1.29, 1.82) is 0 Å². The Morgan fingerprint density at radius 2 is 1.56 bits per heavy atom. The highest BCUT2D eigenvalue weighted by Gasteiger charge is 2.62. The van der Waals surface area contributed by atoms with Crippen molar-refractivity contribution in [3.8, 4) is 0 Å².